The number of aryl methyl sites for hydroxylation is 1. The summed E-state index contributed by atoms with van der Waals surface area (Å²) in [4.78, 5) is 29.6. The first-order valence-electron chi connectivity index (χ1n) is 15.0. The third-order valence-electron chi connectivity index (χ3n) is 8.01. The highest BCUT2D eigenvalue weighted by molar-refractivity contribution is 7.93. The van der Waals surface area contributed by atoms with Crippen molar-refractivity contribution in [2.45, 2.75) is 63.4 Å². The van der Waals surface area contributed by atoms with Gasteiger partial charge in [-0.15, -0.1) is 0 Å². The number of unbranched alkanes of at least 4 members (excludes halogenated alkanes) is 1. The monoisotopic (exact) mass is 597 g/mol. The Morgan fingerprint density at radius 3 is 2.30 bits per heavy atom. The summed E-state index contributed by atoms with van der Waals surface area (Å²) in [5.74, 6) is -0.360. The van der Waals surface area contributed by atoms with E-state index in [0.717, 1.165) is 40.3 Å². The Labute approximate surface area is 254 Å². The van der Waals surface area contributed by atoms with Crippen molar-refractivity contribution in [2.75, 3.05) is 17.4 Å². The highest BCUT2D eigenvalue weighted by Gasteiger charge is 2.36. The Bertz CT molecular complexity index is 1680. The molecule has 4 aromatic rings. The molecule has 1 N–H and O–H groups in total. The molecule has 0 spiro atoms. The SMILES string of the molecule is CCCCNC(=O)C(Cc1ccccc1)N(Cc1ccc(C)cc1)C(=O)CCCN1c2cccc3cccc(c23)S1(=O)=O. The van der Waals surface area contributed by atoms with Gasteiger partial charge in [-0.2, -0.15) is 0 Å². The van der Waals surface area contributed by atoms with E-state index in [4.69, 9.17) is 0 Å². The number of carbonyl (C=O) groups is 2. The maximum atomic E-state index is 14.0. The normalized spacial score (nSPS) is 14.0. The number of amides is 2. The van der Waals surface area contributed by atoms with Crippen molar-refractivity contribution >= 4 is 38.3 Å². The predicted octanol–water partition coefficient (Wildman–Crippen LogP) is 5.99. The number of benzene rings is 4. The fourth-order valence-electron chi connectivity index (χ4n) is 5.67. The van der Waals surface area contributed by atoms with Crippen LogP contribution in [0.2, 0.25) is 0 Å². The predicted molar refractivity (Wildman–Crippen MR) is 171 cm³/mol. The van der Waals surface area contributed by atoms with Crippen LogP contribution in [0.1, 0.15) is 49.3 Å². The van der Waals surface area contributed by atoms with Crippen LogP contribution in [0.25, 0.3) is 10.8 Å². The lowest BCUT2D eigenvalue weighted by atomic mass is 10.0. The minimum absolute atomic E-state index is 0.109. The van der Waals surface area contributed by atoms with E-state index in [2.05, 4.69) is 12.2 Å². The number of nitrogens with zero attached hydrogens (tertiary/aromatic N) is 2. The summed E-state index contributed by atoms with van der Waals surface area (Å²) in [6.45, 7) is 5.08. The Balaban J connectivity index is 1.38. The van der Waals surface area contributed by atoms with Crippen LogP contribution >= 0.6 is 0 Å². The van der Waals surface area contributed by atoms with Crippen molar-refractivity contribution in [3.63, 3.8) is 0 Å². The highest BCUT2D eigenvalue weighted by atomic mass is 32.2. The van der Waals surface area contributed by atoms with E-state index in [1.165, 1.54) is 4.31 Å². The molecule has 1 aliphatic heterocycles. The fourth-order valence-corrected chi connectivity index (χ4v) is 7.42. The molecule has 0 aromatic heterocycles. The number of nitrogens with one attached hydrogen (secondary N) is 1. The molecule has 0 bridgehead atoms. The molecule has 43 heavy (non-hydrogen) atoms. The van der Waals surface area contributed by atoms with E-state index < -0.39 is 16.1 Å². The lowest BCUT2D eigenvalue weighted by molar-refractivity contribution is -0.141. The van der Waals surface area contributed by atoms with Gasteiger partial charge in [0.15, 0.2) is 0 Å². The third kappa shape index (κ3) is 6.75. The van der Waals surface area contributed by atoms with Gasteiger partial charge in [-0.25, -0.2) is 8.42 Å². The van der Waals surface area contributed by atoms with Crippen molar-refractivity contribution in [1.29, 1.82) is 0 Å². The number of hydrogen-bond acceptors (Lipinski definition) is 4. The zero-order chi connectivity index (χ0) is 30.4. The van der Waals surface area contributed by atoms with E-state index in [0.29, 0.717) is 30.0 Å². The molecule has 2 amide bonds. The molecule has 0 fully saturated rings. The topological polar surface area (TPSA) is 86.8 Å². The van der Waals surface area contributed by atoms with Crippen LogP contribution in [-0.4, -0.2) is 44.3 Å². The fraction of sp³-hybridized carbons (Fsp3) is 0.314. The van der Waals surface area contributed by atoms with Crippen LogP contribution in [0.5, 0.6) is 0 Å². The molecule has 1 heterocycles. The number of hydrogen-bond donors (Lipinski definition) is 1. The molecule has 0 saturated heterocycles. The summed E-state index contributed by atoms with van der Waals surface area (Å²) in [5.41, 5.74) is 3.66. The molecule has 4 aromatic carbocycles. The smallest absolute Gasteiger partial charge is 0.265 e. The van der Waals surface area contributed by atoms with Crippen LogP contribution in [0, 0.1) is 6.92 Å². The van der Waals surface area contributed by atoms with Crippen LogP contribution < -0.4 is 9.62 Å². The lowest BCUT2D eigenvalue weighted by Gasteiger charge is -2.32. The molecule has 0 radical (unpaired) electrons. The number of anilines is 1. The second-order valence-electron chi connectivity index (χ2n) is 11.2. The zero-order valence-corrected chi connectivity index (χ0v) is 25.6. The lowest BCUT2D eigenvalue weighted by Crippen LogP contribution is -2.50. The molecule has 1 unspecified atom stereocenters. The molecule has 0 aliphatic carbocycles. The Morgan fingerprint density at radius 1 is 0.860 bits per heavy atom. The van der Waals surface area contributed by atoms with Gasteiger partial charge in [0.05, 0.1) is 10.6 Å². The van der Waals surface area contributed by atoms with E-state index in [1.54, 1.807) is 17.0 Å². The van der Waals surface area contributed by atoms with Crippen molar-refractivity contribution in [3.8, 4) is 0 Å². The van der Waals surface area contributed by atoms with Gasteiger partial charge < -0.3 is 10.2 Å². The summed E-state index contributed by atoms with van der Waals surface area (Å²) >= 11 is 0. The molecular weight excluding hydrogens is 558 g/mol. The summed E-state index contributed by atoms with van der Waals surface area (Å²) in [7, 11) is -3.71. The van der Waals surface area contributed by atoms with Gasteiger partial charge >= 0.3 is 0 Å². The molecule has 7 nitrogen and oxygen atoms in total. The van der Waals surface area contributed by atoms with Gasteiger partial charge in [-0.1, -0.05) is 97.8 Å². The van der Waals surface area contributed by atoms with Crippen molar-refractivity contribution in [1.82, 2.24) is 10.2 Å². The van der Waals surface area contributed by atoms with Crippen LogP contribution in [-0.2, 0) is 32.6 Å². The summed E-state index contributed by atoms with van der Waals surface area (Å²) < 4.78 is 28.3. The first-order chi connectivity index (χ1) is 20.8. The third-order valence-corrected chi connectivity index (χ3v) is 9.86. The maximum absolute atomic E-state index is 14.0. The summed E-state index contributed by atoms with van der Waals surface area (Å²) in [5, 5.41) is 4.65. The number of sulfonamides is 1. The summed E-state index contributed by atoms with van der Waals surface area (Å²) in [6.07, 6.45) is 2.62. The Kier molecular flexibility index (Phi) is 9.46. The van der Waals surface area contributed by atoms with Crippen LogP contribution in [0.3, 0.4) is 0 Å². The van der Waals surface area contributed by atoms with E-state index in [9.17, 15) is 18.0 Å². The molecule has 0 saturated carbocycles. The molecule has 1 aliphatic rings. The largest absolute Gasteiger partial charge is 0.354 e. The van der Waals surface area contributed by atoms with Gasteiger partial charge in [0, 0.05) is 37.9 Å². The van der Waals surface area contributed by atoms with Crippen LogP contribution in [0.4, 0.5) is 5.69 Å². The number of rotatable bonds is 13. The molecule has 224 valence electrons. The quantitative estimate of drug-likeness (QED) is 0.192. The van der Waals surface area contributed by atoms with E-state index >= 15 is 0 Å². The van der Waals surface area contributed by atoms with Gasteiger partial charge in [-0.3, -0.25) is 13.9 Å². The van der Waals surface area contributed by atoms with Gasteiger partial charge in [-0.05, 0) is 48.4 Å². The number of carbonyl (C=O) groups excluding carboxylic acids is 2. The van der Waals surface area contributed by atoms with E-state index in [-0.39, 0.29) is 31.3 Å². The van der Waals surface area contributed by atoms with E-state index in [1.807, 2.05) is 85.8 Å². The summed E-state index contributed by atoms with van der Waals surface area (Å²) in [6, 6.07) is 27.9. The van der Waals surface area contributed by atoms with Crippen molar-refractivity contribution in [3.05, 3.63) is 108 Å². The molecule has 1 atom stereocenters. The van der Waals surface area contributed by atoms with Gasteiger partial charge in [0.1, 0.15) is 6.04 Å². The molecular formula is C35H39N3O4S. The standard InChI is InChI=1S/C35H39N3O4S/c1-3-4-22-36-35(40)31(24-27-11-6-5-7-12-27)37(25-28-20-18-26(2)19-21-28)33(39)17-10-23-38-30-15-8-13-29-14-9-16-32(34(29)30)43(38,41)42/h5-9,11-16,18-21,31H,3-4,10,17,22-25H2,1-2H3,(H,36,40). The second kappa shape index (κ2) is 13.4. The molecule has 5 rings (SSSR count). The first kappa shape index (κ1) is 30.3. The molecule has 8 heteroatoms. The Morgan fingerprint density at radius 2 is 1.58 bits per heavy atom. The zero-order valence-electron chi connectivity index (χ0n) is 24.8. The maximum Gasteiger partial charge on any atom is 0.265 e. The van der Waals surface area contributed by atoms with Crippen LogP contribution in [0.15, 0.2) is 95.9 Å². The first-order valence-corrected chi connectivity index (χ1v) is 16.4. The van der Waals surface area contributed by atoms with Gasteiger partial charge in [0.25, 0.3) is 10.0 Å². The minimum Gasteiger partial charge on any atom is -0.354 e. The van der Waals surface area contributed by atoms with Crippen molar-refractivity contribution < 1.29 is 18.0 Å². The highest BCUT2D eigenvalue weighted by Crippen LogP contribution is 2.42. The second-order valence-corrected chi connectivity index (χ2v) is 13.0. The minimum atomic E-state index is -3.71. The average Bonchev–Trinajstić information content (AvgIpc) is 3.23. The Hall–Kier alpha value is -4.17. The van der Waals surface area contributed by atoms with Crippen molar-refractivity contribution in [2.24, 2.45) is 0 Å². The average molecular weight is 598 g/mol. The van der Waals surface area contributed by atoms with Gasteiger partial charge in [0.2, 0.25) is 11.8 Å².